The molecule has 3 heteroatoms. The molecule has 1 nitrogen and oxygen atoms in total. The Labute approximate surface area is 170 Å². The maximum Gasteiger partial charge on any atom is 2.00 e. The van der Waals surface area contributed by atoms with Crippen LogP contribution in [0.2, 0.25) is 0 Å². The molecule has 0 unspecified atom stereocenters. The first-order chi connectivity index (χ1) is 8.00. The van der Waals surface area contributed by atoms with Gasteiger partial charge in [-0.15, -0.1) is 0 Å². The smallest absolute Gasteiger partial charge is 0.400 e. The van der Waals surface area contributed by atoms with Crippen molar-refractivity contribution in [2.75, 3.05) is 7.11 Å². The van der Waals surface area contributed by atoms with Gasteiger partial charge in [0.15, 0.2) is 0 Å². The number of rotatable bonds is 0. The zero-order chi connectivity index (χ0) is 12.5. The Morgan fingerprint density at radius 2 is 0.409 bits per heavy atom. The average Bonchev–Trinajstić information content (AvgIpc) is 2.48. The van der Waals surface area contributed by atoms with Gasteiger partial charge < -0.3 is 34.8 Å². The van der Waals surface area contributed by atoms with Gasteiger partial charge in [-0.2, -0.15) is 0 Å². The molecule has 0 saturated heterocycles. The largest absolute Gasteiger partial charge is 2.00 e. The van der Waals surface area contributed by atoms with Crippen molar-refractivity contribution >= 4 is 0 Å². The van der Waals surface area contributed by atoms with Crippen molar-refractivity contribution in [2.45, 2.75) is 13.8 Å². The van der Waals surface area contributed by atoms with E-state index in [-0.39, 0.29) is 71.8 Å². The van der Waals surface area contributed by atoms with Gasteiger partial charge in [0.25, 0.3) is 0 Å². The van der Waals surface area contributed by atoms with Gasteiger partial charge in [-0.05, 0) is 0 Å². The summed E-state index contributed by atoms with van der Waals surface area (Å²) in [4.78, 5) is 0. The predicted octanol–water partition coefficient (Wildman–Crippen LogP) is 5.80. The zero-order valence-corrected chi connectivity index (χ0v) is 21.1. The van der Waals surface area contributed by atoms with Crippen LogP contribution in [0, 0.1) is 29.7 Å². The summed E-state index contributed by atoms with van der Waals surface area (Å²) < 4.78 is 0. The Balaban J connectivity index is -0.0000000198. The number of aliphatic hydroxyl groups is 1. The topological polar surface area (TPSA) is 20.2 Å². The van der Waals surface area contributed by atoms with Crippen LogP contribution in [0.3, 0.4) is 0 Å². The third-order valence-electron chi connectivity index (χ3n) is 1.33. The summed E-state index contributed by atoms with van der Waals surface area (Å²) in [5.74, 6) is 0. The van der Waals surface area contributed by atoms with Crippen LogP contribution in [0.5, 0.6) is 0 Å². The van der Waals surface area contributed by atoms with Crippen LogP contribution < -0.4 is 0 Å². The Morgan fingerprint density at radius 1 is 0.364 bits per heavy atom. The van der Waals surface area contributed by atoms with Crippen molar-refractivity contribution < 1.29 is 47.2 Å². The molecule has 0 aliphatic rings. The molecule has 0 aliphatic heterocycles. The van der Waals surface area contributed by atoms with E-state index in [0.29, 0.717) is 0 Å². The molecule has 128 valence electrons. The van der Waals surface area contributed by atoms with E-state index in [1.165, 1.54) is 0 Å². The van der Waals surface area contributed by atoms with E-state index in [1.807, 2.05) is 86.6 Å². The fourth-order valence-electron chi connectivity index (χ4n) is 0.770. The number of hydrogen-bond donors (Lipinski definition) is 1. The summed E-state index contributed by atoms with van der Waals surface area (Å²) in [6.45, 7) is 4.00. The fourth-order valence-corrected chi connectivity index (χ4v) is 0.770. The molecule has 2 aromatic carbocycles. The van der Waals surface area contributed by atoms with Gasteiger partial charge in [0.1, 0.15) is 0 Å². The normalized spacial score (nSPS) is 4.91. The van der Waals surface area contributed by atoms with Gasteiger partial charge in [-0.25, -0.2) is 0 Å². The van der Waals surface area contributed by atoms with Gasteiger partial charge in [0.2, 0.25) is 0 Å². The van der Waals surface area contributed by atoms with Crippen molar-refractivity contribution in [3.63, 3.8) is 0 Å². The first-order valence-electron chi connectivity index (χ1n) is 5.45. The van der Waals surface area contributed by atoms with Crippen LogP contribution in [0.25, 0.3) is 0 Å². The molecular formula is C19H34OW2. The standard InChI is InChI=1S/2C6H6.C2H6.CH4O.4CH3.2W/c2*1-2-4-6-5-3-1;2*1-2;;;;;;/h2*1-6H;1-2H3;2H,1H3;4*1H3;;/q;;;;4*-1;2*+2. The third-order valence-corrected chi connectivity index (χ3v) is 1.33. The molecule has 0 aliphatic carbocycles. The number of hydrogen-bond acceptors (Lipinski definition) is 1. The summed E-state index contributed by atoms with van der Waals surface area (Å²) in [6.07, 6.45) is 0. The van der Waals surface area contributed by atoms with Gasteiger partial charge in [0, 0.05) is 7.11 Å². The Kier molecular flexibility index (Phi) is 132. The second-order valence-electron chi connectivity index (χ2n) is 2.31. The van der Waals surface area contributed by atoms with E-state index in [9.17, 15) is 0 Å². The van der Waals surface area contributed by atoms with Crippen molar-refractivity contribution in [3.05, 3.63) is 103 Å². The summed E-state index contributed by atoms with van der Waals surface area (Å²) >= 11 is 0. The predicted molar refractivity (Wildman–Crippen MR) is 98.0 cm³/mol. The summed E-state index contributed by atoms with van der Waals surface area (Å²) in [5, 5.41) is 7.00. The van der Waals surface area contributed by atoms with E-state index < -0.39 is 0 Å². The summed E-state index contributed by atoms with van der Waals surface area (Å²) in [6, 6.07) is 24.0. The molecule has 1 N–H and O–H groups in total. The van der Waals surface area contributed by atoms with E-state index in [4.69, 9.17) is 5.11 Å². The Bertz CT molecular complexity index is 191. The van der Waals surface area contributed by atoms with E-state index >= 15 is 0 Å². The molecule has 0 atom stereocenters. The van der Waals surface area contributed by atoms with Crippen molar-refractivity contribution in [3.8, 4) is 0 Å². The quantitative estimate of drug-likeness (QED) is 0.359. The molecule has 2 rings (SSSR count). The molecule has 0 heterocycles. The first-order valence-corrected chi connectivity index (χ1v) is 5.45. The van der Waals surface area contributed by atoms with Crippen LogP contribution in [0.4, 0.5) is 0 Å². The molecule has 0 spiro atoms. The van der Waals surface area contributed by atoms with Crippen molar-refractivity contribution in [1.29, 1.82) is 0 Å². The zero-order valence-electron chi connectivity index (χ0n) is 15.2. The van der Waals surface area contributed by atoms with Crippen LogP contribution >= 0.6 is 0 Å². The molecule has 22 heavy (non-hydrogen) atoms. The molecule has 0 radical (unpaired) electrons. The second-order valence-corrected chi connectivity index (χ2v) is 2.31. The molecule has 2 aromatic rings. The van der Waals surface area contributed by atoms with E-state index in [1.54, 1.807) is 0 Å². The van der Waals surface area contributed by atoms with Gasteiger partial charge in [0.05, 0.1) is 0 Å². The molecular weight excluding hydrogens is 612 g/mol. The molecule has 0 bridgehead atoms. The molecule has 0 aromatic heterocycles. The SMILES string of the molecule is CC.CO.[CH3-].[CH3-].[CH3-].[CH3-].[W+2].[W+2].c1ccccc1.c1ccccc1. The maximum atomic E-state index is 7.00. The Hall–Kier alpha value is -0.223. The monoisotopic (exact) mass is 646 g/mol. The van der Waals surface area contributed by atoms with E-state index in [2.05, 4.69) is 0 Å². The first kappa shape index (κ1) is 49.5. The van der Waals surface area contributed by atoms with Gasteiger partial charge >= 0.3 is 42.1 Å². The van der Waals surface area contributed by atoms with Crippen LogP contribution in [-0.2, 0) is 42.1 Å². The fraction of sp³-hybridized carbons (Fsp3) is 0.158. The van der Waals surface area contributed by atoms with Gasteiger partial charge in [-0.3, -0.25) is 0 Å². The van der Waals surface area contributed by atoms with Crippen LogP contribution in [-0.4, -0.2) is 12.2 Å². The number of aliphatic hydroxyl groups excluding tert-OH is 1. The van der Waals surface area contributed by atoms with Gasteiger partial charge in [-0.1, -0.05) is 86.6 Å². The maximum absolute atomic E-state index is 7.00. The minimum atomic E-state index is 0. The average molecular weight is 646 g/mol. The van der Waals surface area contributed by atoms with E-state index in [0.717, 1.165) is 7.11 Å². The molecule has 0 saturated carbocycles. The second kappa shape index (κ2) is 58.6. The molecule has 0 amide bonds. The number of benzene rings is 2. The molecule has 0 fully saturated rings. The minimum Gasteiger partial charge on any atom is -0.400 e. The minimum absolute atomic E-state index is 0. The van der Waals surface area contributed by atoms with Crippen LogP contribution in [0.15, 0.2) is 72.8 Å². The summed E-state index contributed by atoms with van der Waals surface area (Å²) in [7, 11) is 1.00. The summed E-state index contributed by atoms with van der Waals surface area (Å²) in [5.41, 5.74) is 0. The van der Waals surface area contributed by atoms with Crippen molar-refractivity contribution in [2.24, 2.45) is 0 Å². The third kappa shape index (κ3) is 50.3. The Morgan fingerprint density at radius 3 is 0.455 bits per heavy atom. The van der Waals surface area contributed by atoms with Crippen LogP contribution in [0.1, 0.15) is 13.8 Å². The van der Waals surface area contributed by atoms with Crippen molar-refractivity contribution in [1.82, 2.24) is 0 Å².